The van der Waals surface area contributed by atoms with Crippen LogP contribution in [0.5, 0.6) is 0 Å². The van der Waals surface area contributed by atoms with Crippen molar-refractivity contribution in [2.24, 2.45) is 5.92 Å². The van der Waals surface area contributed by atoms with Crippen LogP contribution in [0.2, 0.25) is 18.1 Å². The van der Waals surface area contributed by atoms with Gasteiger partial charge >= 0.3 is 0 Å². The summed E-state index contributed by atoms with van der Waals surface area (Å²) in [6.45, 7) is 16.8. The van der Waals surface area contributed by atoms with Crippen LogP contribution in [-0.4, -0.2) is 55.3 Å². The molecule has 0 aromatic rings. The van der Waals surface area contributed by atoms with Crippen molar-refractivity contribution < 1.29 is 19.1 Å². The topological polar surface area (TPSA) is 75.0 Å². The zero-order valence-corrected chi connectivity index (χ0v) is 17.2. The number of hydroxylamine groups is 2. The van der Waals surface area contributed by atoms with Crippen molar-refractivity contribution in [2.75, 3.05) is 6.61 Å². The lowest BCUT2D eigenvalue weighted by atomic mass is 9.98. The first-order valence-corrected chi connectivity index (χ1v) is 11.6. The average Bonchev–Trinajstić information content (AvgIpc) is 2.84. The van der Waals surface area contributed by atoms with E-state index in [1.807, 2.05) is 13.8 Å². The van der Waals surface area contributed by atoms with Crippen LogP contribution in [0.4, 0.5) is 0 Å². The quantitative estimate of drug-likeness (QED) is 0.780. The number of fused-ring (bicyclic) bond motifs is 1. The van der Waals surface area contributed by atoms with Crippen LogP contribution in [0, 0.1) is 17.2 Å². The third-order valence-corrected chi connectivity index (χ3v) is 10.2. The standard InChI is InChI=1S/C17H32N2O4Si/c1-11(9-18)13-15-14(22-17(5,6)23-15)12(19(13)20)10-21-24(7,8)16(2,3)4/h11-15,20H,10H2,1-8H3/t11?,12-,13?,14-,15+/m1/s1. The Balaban J connectivity index is 2.19. The molecule has 2 unspecified atom stereocenters. The lowest BCUT2D eigenvalue weighted by Crippen LogP contribution is -2.48. The maximum absolute atomic E-state index is 10.7. The van der Waals surface area contributed by atoms with Crippen molar-refractivity contribution in [3.63, 3.8) is 0 Å². The highest BCUT2D eigenvalue weighted by molar-refractivity contribution is 6.74. The number of hydrogen-bond acceptors (Lipinski definition) is 6. The van der Waals surface area contributed by atoms with Crippen molar-refractivity contribution in [1.29, 1.82) is 5.26 Å². The Morgan fingerprint density at radius 2 is 1.83 bits per heavy atom. The molecule has 0 aromatic carbocycles. The Morgan fingerprint density at radius 3 is 2.33 bits per heavy atom. The minimum Gasteiger partial charge on any atom is -0.415 e. The molecule has 0 spiro atoms. The second-order valence-electron chi connectivity index (χ2n) is 8.99. The zero-order chi connectivity index (χ0) is 18.5. The van der Waals surface area contributed by atoms with Gasteiger partial charge in [0.25, 0.3) is 0 Å². The van der Waals surface area contributed by atoms with Gasteiger partial charge in [-0.25, -0.2) is 0 Å². The molecular weight excluding hydrogens is 324 g/mol. The van der Waals surface area contributed by atoms with Gasteiger partial charge in [0, 0.05) is 0 Å². The summed E-state index contributed by atoms with van der Waals surface area (Å²) >= 11 is 0. The molecule has 0 aliphatic carbocycles. The number of hydrogen-bond donors (Lipinski definition) is 1. The second kappa shape index (κ2) is 6.34. The van der Waals surface area contributed by atoms with E-state index in [0.717, 1.165) is 0 Å². The molecule has 0 saturated carbocycles. The lowest BCUT2D eigenvalue weighted by molar-refractivity contribution is -0.222. The smallest absolute Gasteiger partial charge is 0.192 e. The van der Waals surface area contributed by atoms with Crippen LogP contribution < -0.4 is 0 Å². The Bertz CT molecular complexity index is 512. The summed E-state index contributed by atoms with van der Waals surface area (Å²) < 4.78 is 18.3. The molecule has 6 nitrogen and oxygen atoms in total. The van der Waals surface area contributed by atoms with Crippen molar-refractivity contribution in [3.05, 3.63) is 0 Å². The van der Waals surface area contributed by atoms with Crippen molar-refractivity contribution >= 4 is 8.32 Å². The van der Waals surface area contributed by atoms with Crippen LogP contribution in [0.25, 0.3) is 0 Å². The van der Waals surface area contributed by atoms with Gasteiger partial charge in [0.1, 0.15) is 12.2 Å². The Morgan fingerprint density at radius 1 is 1.29 bits per heavy atom. The van der Waals surface area contributed by atoms with E-state index in [9.17, 15) is 10.5 Å². The molecule has 5 atom stereocenters. The molecule has 2 aliphatic heterocycles. The summed E-state index contributed by atoms with van der Waals surface area (Å²) in [6, 6.07) is 1.49. The first-order valence-electron chi connectivity index (χ1n) is 8.67. The molecule has 138 valence electrons. The summed E-state index contributed by atoms with van der Waals surface area (Å²) in [5, 5.41) is 21.3. The normalized spacial score (nSPS) is 34.8. The zero-order valence-electron chi connectivity index (χ0n) is 16.2. The largest absolute Gasteiger partial charge is 0.415 e. The Kier molecular flexibility index (Phi) is 5.24. The van der Waals surface area contributed by atoms with E-state index < -0.39 is 20.1 Å². The molecule has 24 heavy (non-hydrogen) atoms. The summed E-state index contributed by atoms with van der Waals surface area (Å²) in [4.78, 5) is 0. The average molecular weight is 357 g/mol. The Labute approximate surface area is 146 Å². The second-order valence-corrected chi connectivity index (χ2v) is 13.8. The van der Waals surface area contributed by atoms with E-state index in [0.29, 0.717) is 6.61 Å². The summed E-state index contributed by atoms with van der Waals surface area (Å²) in [5.41, 5.74) is 0. The van der Waals surface area contributed by atoms with Gasteiger partial charge in [-0.1, -0.05) is 20.8 Å². The summed E-state index contributed by atoms with van der Waals surface area (Å²) in [5.74, 6) is -1.07. The molecule has 2 aliphatic rings. The van der Waals surface area contributed by atoms with E-state index in [2.05, 4.69) is 39.9 Å². The highest BCUT2D eigenvalue weighted by atomic mass is 28.4. The molecule has 2 heterocycles. The van der Waals surface area contributed by atoms with Gasteiger partial charge < -0.3 is 19.1 Å². The SMILES string of the molecule is CC(C#N)C1[C@@H]2OC(C)(C)O[C@@H]2[C@@H](CO[Si](C)(C)C(C)(C)C)N1O. The Hall–Kier alpha value is -0.493. The summed E-state index contributed by atoms with van der Waals surface area (Å²) in [7, 11) is -1.94. The first kappa shape index (κ1) is 19.8. The fourth-order valence-electron chi connectivity index (χ4n) is 3.17. The van der Waals surface area contributed by atoms with E-state index in [-0.39, 0.29) is 29.2 Å². The molecule has 2 fully saturated rings. The minimum absolute atomic E-state index is 0.0942. The van der Waals surface area contributed by atoms with Crippen molar-refractivity contribution in [2.45, 2.75) is 89.8 Å². The molecule has 1 N–H and O–H groups in total. The van der Waals surface area contributed by atoms with E-state index >= 15 is 0 Å². The number of nitriles is 1. The predicted octanol–water partition coefficient (Wildman–Crippen LogP) is 3.13. The van der Waals surface area contributed by atoms with Gasteiger partial charge in [0.15, 0.2) is 14.1 Å². The number of ether oxygens (including phenoxy) is 2. The van der Waals surface area contributed by atoms with Gasteiger partial charge in [-0.3, -0.25) is 0 Å². The van der Waals surface area contributed by atoms with Crippen molar-refractivity contribution in [1.82, 2.24) is 5.06 Å². The monoisotopic (exact) mass is 356 g/mol. The summed E-state index contributed by atoms with van der Waals surface area (Å²) in [6.07, 6.45) is -0.622. The number of rotatable bonds is 4. The molecule has 2 saturated heterocycles. The molecule has 0 bridgehead atoms. The third-order valence-electron chi connectivity index (χ3n) is 5.66. The van der Waals surface area contributed by atoms with Gasteiger partial charge in [0.2, 0.25) is 0 Å². The minimum atomic E-state index is -1.94. The predicted molar refractivity (Wildman–Crippen MR) is 93.0 cm³/mol. The van der Waals surface area contributed by atoms with Gasteiger partial charge in [-0.15, -0.1) is 0 Å². The molecular formula is C17H32N2O4Si. The number of nitrogens with zero attached hydrogens (tertiary/aromatic N) is 2. The van der Waals surface area contributed by atoms with E-state index in [1.165, 1.54) is 5.06 Å². The van der Waals surface area contributed by atoms with Crippen LogP contribution in [0.1, 0.15) is 41.5 Å². The van der Waals surface area contributed by atoms with E-state index in [4.69, 9.17) is 13.9 Å². The lowest BCUT2D eigenvalue weighted by Gasteiger charge is -2.38. The molecule has 2 rings (SSSR count). The molecule has 0 amide bonds. The maximum atomic E-state index is 10.7. The fraction of sp³-hybridized carbons (Fsp3) is 0.941. The van der Waals surface area contributed by atoms with Gasteiger partial charge in [-0.05, 0) is 38.9 Å². The van der Waals surface area contributed by atoms with Crippen LogP contribution in [0.3, 0.4) is 0 Å². The van der Waals surface area contributed by atoms with Gasteiger partial charge in [0.05, 0.1) is 30.7 Å². The maximum Gasteiger partial charge on any atom is 0.192 e. The highest BCUT2D eigenvalue weighted by Crippen LogP contribution is 2.43. The molecule has 0 aromatic heterocycles. The fourth-order valence-corrected chi connectivity index (χ4v) is 4.19. The van der Waals surface area contributed by atoms with Crippen molar-refractivity contribution in [3.8, 4) is 6.07 Å². The van der Waals surface area contributed by atoms with Crippen LogP contribution >= 0.6 is 0 Å². The van der Waals surface area contributed by atoms with Crippen LogP contribution in [0.15, 0.2) is 0 Å². The van der Waals surface area contributed by atoms with E-state index in [1.54, 1.807) is 6.92 Å². The van der Waals surface area contributed by atoms with Crippen LogP contribution in [-0.2, 0) is 13.9 Å². The van der Waals surface area contributed by atoms with Gasteiger partial charge in [-0.2, -0.15) is 10.3 Å². The first-order chi connectivity index (χ1) is 10.8. The molecule has 0 radical (unpaired) electrons. The third kappa shape index (κ3) is 3.55. The molecule has 7 heteroatoms. The highest BCUT2D eigenvalue weighted by Gasteiger charge is 2.59.